The molecule has 2 aromatic carbocycles. The second kappa shape index (κ2) is 8.29. The van der Waals surface area contributed by atoms with E-state index in [0.29, 0.717) is 22.4 Å². The van der Waals surface area contributed by atoms with E-state index < -0.39 is 0 Å². The second-order valence-electron chi connectivity index (χ2n) is 8.36. The lowest BCUT2D eigenvalue weighted by atomic mass is 10.1. The van der Waals surface area contributed by atoms with Crippen LogP contribution in [0.25, 0.3) is 21.8 Å². The van der Waals surface area contributed by atoms with Gasteiger partial charge in [-0.15, -0.1) is 0 Å². The molecule has 0 amide bonds. The van der Waals surface area contributed by atoms with Gasteiger partial charge in [0, 0.05) is 26.2 Å². The minimum absolute atomic E-state index is 0.00311. The van der Waals surface area contributed by atoms with Gasteiger partial charge in [0.25, 0.3) is 11.1 Å². The number of nitrogens with zero attached hydrogens (tertiary/aromatic N) is 4. The molecule has 2 N–H and O–H groups in total. The average Bonchev–Trinajstić information content (AvgIpc) is 2.83. The van der Waals surface area contributed by atoms with Gasteiger partial charge < -0.3 is 9.97 Å². The van der Waals surface area contributed by atoms with Crippen LogP contribution in [0.4, 0.5) is 0 Å². The van der Waals surface area contributed by atoms with Crippen LogP contribution in [0.15, 0.2) is 58.1 Å². The Labute approximate surface area is 184 Å². The van der Waals surface area contributed by atoms with Crippen molar-refractivity contribution in [2.45, 2.75) is 25.9 Å². The first-order valence-corrected chi connectivity index (χ1v) is 11.0. The minimum Gasteiger partial charge on any atom is -0.309 e. The maximum absolute atomic E-state index is 12.4. The molecule has 3 heterocycles. The van der Waals surface area contributed by atoms with Crippen LogP contribution in [-0.2, 0) is 0 Å². The first kappa shape index (κ1) is 20.5. The van der Waals surface area contributed by atoms with Crippen molar-refractivity contribution in [3.05, 3.63) is 80.9 Å². The molecule has 164 valence electrons. The van der Waals surface area contributed by atoms with E-state index in [-0.39, 0.29) is 23.2 Å². The molecule has 2 aromatic heterocycles. The monoisotopic (exact) mass is 430 g/mol. The van der Waals surface area contributed by atoms with E-state index in [1.165, 1.54) is 0 Å². The molecular formula is C24H26N6O2. The maximum Gasteiger partial charge on any atom is 0.258 e. The molecule has 0 bridgehead atoms. The summed E-state index contributed by atoms with van der Waals surface area (Å²) in [5.41, 5.74) is 1.24. The summed E-state index contributed by atoms with van der Waals surface area (Å²) in [6.45, 7) is 7.49. The lowest BCUT2D eigenvalue weighted by Gasteiger charge is -2.39. The van der Waals surface area contributed by atoms with Crippen LogP contribution in [0, 0.1) is 0 Å². The fourth-order valence-electron chi connectivity index (χ4n) is 4.46. The van der Waals surface area contributed by atoms with Gasteiger partial charge in [0.15, 0.2) is 0 Å². The van der Waals surface area contributed by atoms with Gasteiger partial charge in [0.05, 0.1) is 33.9 Å². The summed E-state index contributed by atoms with van der Waals surface area (Å²) in [7, 11) is 0. The zero-order valence-corrected chi connectivity index (χ0v) is 18.2. The molecule has 4 aromatic rings. The number of fused-ring (bicyclic) bond motifs is 2. The van der Waals surface area contributed by atoms with Crippen molar-refractivity contribution < 1.29 is 0 Å². The van der Waals surface area contributed by atoms with Crippen molar-refractivity contribution in [3.63, 3.8) is 0 Å². The number of piperazine rings is 1. The third-order valence-electron chi connectivity index (χ3n) is 6.50. The van der Waals surface area contributed by atoms with E-state index in [4.69, 9.17) is 9.97 Å². The summed E-state index contributed by atoms with van der Waals surface area (Å²) in [6, 6.07) is 14.8. The van der Waals surface area contributed by atoms with E-state index in [0.717, 1.165) is 37.2 Å². The van der Waals surface area contributed by atoms with Crippen LogP contribution in [0.3, 0.4) is 0 Å². The number of benzene rings is 2. The number of rotatable bonds is 4. The molecule has 2 unspecified atom stereocenters. The number of aromatic nitrogens is 4. The molecule has 0 saturated carbocycles. The highest BCUT2D eigenvalue weighted by molar-refractivity contribution is 5.77. The Balaban J connectivity index is 1.31. The largest absolute Gasteiger partial charge is 0.309 e. The molecule has 2 atom stereocenters. The van der Waals surface area contributed by atoms with Crippen molar-refractivity contribution in [2.24, 2.45) is 0 Å². The molecule has 8 nitrogen and oxygen atoms in total. The summed E-state index contributed by atoms with van der Waals surface area (Å²) in [6.07, 6.45) is 0. The van der Waals surface area contributed by atoms with Gasteiger partial charge in [-0.05, 0) is 38.1 Å². The van der Waals surface area contributed by atoms with Crippen molar-refractivity contribution in [3.8, 4) is 0 Å². The van der Waals surface area contributed by atoms with Gasteiger partial charge in [-0.1, -0.05) is 24.3 Å². The fraction of sp³-hybridized carbons (Fsp3) is 0.333. The first-order valence-electron chi connectivity index (χ1n) is 11.0. The Hall–Kier alpha value is -3.36. The Morgan fingerprint density at radius 3 is 1.47 bits per heavy atom. The van der Waals surface area contributed by atoms with Crippen LogP contribution in [0.1, 0.15) is 37.6 Å². The van der Waals surface area contributed by atoms with E-state index >= 15 is 0 Å². The van der Waals surface area contributed by atoms with Gasteiger partial charge in [0.1, 0.15) is 11.6 Å². The topological polar surface area (TPSA) is 98.0 Å². The molecule has 1 aliphatic rings. The summed E-state index contributed by atoms with van der Waals surface area (Å²) in [4.78, 5) is 44.8. The third kappa shape index (κ3) is 3.72. The van der Waals surface area contributed by atoms with Gasteiger partial charge >= 0.3 is 0 Å². The highest BCUT2D eigenvalue weighted by atomic mass is 16.1. The van der Waals surface area contributed by atoms with Gasteiger partial charge in [-0.3, -0.25) is 19.4 Å². The summed E-state index contributed by atoms with van der Waals surface area (Å²) in [5, 5.41) is 1.22. The highest BCUT2D eigenvalue weighted by Crippen LogP contribution is 2.24. The standard InChI is InChI=1S/C24H26N6O2/c1-15(21-25-19-9-5-3-7-17(19)23(31)27-21)29-11-13-30(14-12-29)16(2)22-26-20-10-6-4-8-18(20)24(32)28-22/h3-10,15-16H,11-14H2,1-2H3,(H,25,27,31)(H,26,28,32). The number of aromatic amines is 2. The molecule has 5 rings (SSSR count). The zero-order chi connectivity index (χ0) is 22.2. The molecule has 1 aliphatic heterocycles. The maximum atomic E-state index is 12.4. The van der Waals surface area contributed by atoms with Crippen LogP contribution in [0.5, 0.6) is 0 Å². The quantitative estimate of drug-likeness (QED) is 0.517. The lowest BCUT2D eigenvalue weighted by Crippen LogP contribution is -2.48. The molecule has 0 radical (unpaired) electrons. The molecular weight excluding hydrogens is 404 g/mol. The number of nitrogens with one attached hydrogen (secondary N) is 2. The van der Waals surface area contributed by atoms with Gasteiger partial charge in [-0.2, -0.15) is 0 Å². The van der Waals surface area contributed by atoms with Gasteiger partial charge in [-0.25, -0.2) is 9.97 Å². The minimum atomic E-state index is -0.101. The highest BCUT2D eigenvalue weighted by Gasteiger charge is 2.27. The second-order valence-corrected chi connectivity index (χ2v) is 8.36. The van der Waals surface area contributed by atoms with Crippen molar-refractivity contribution in [1.82, 2.24) is 29.7 Å². The summed E-state index contributed by atoms with van der Waals surface area (Å²) >= 11 is 0. The summed E-state index contributed by atoms with van der Waals surface area (Å²) < 4.78 is 0. The van der Waals surface area contributed by atoms with Crippen molar-refractivity contribution in [1.29, 1.82) is 0 Å². The summed E-state index contributed by atoms with van der Waals surface area (Å²) in [5.74, 6) is 1.38. The van der Waals surface area contributed by atoms with Gasteiger partial charge in [0.2, 0.25) is 0 Å². The Kier molecular flexibility index (Phi) is 5.32. The molecule has 0 spiro atoms. The fourth-order valence-corrected chi connectivity index (χ4v) is 4.46. The predicted octanol–water partition coefficient (Wildman–Crippen LogP) is 2.60. The number of hydrogen-bond acceptors (Lipinski definition) is 6. The number of para-hydroxylation sites is 2. The molecule has 1 saturated heterocycles. The smallest absolute Gasteiger partial charge is 0.258 e. The first-order chi connectivity index (χ1) is 15.5. The molecule has 32 heavy (non-hydrogen) atoms. The third-order valence-corrected chi connectivity index (χ3v) is 6.50. The van der Waals surface area contributed by atoms with E-state index in [1.807, 2.05) is 36.4 Å². The van der Waals surface area contributed by atoms with Crippen molar-refractivity contribution >= 4 is 21.8 Å². The zero-order valence-electron chi connectivity index (χ0n) is 18.2. The van der Waals surface area contributed by atoms with Crippen LogP contribution in [0.2, 0.25) is 0 Å². The number of hydrogen-bond donors (Lipinski definition) is 2. The van der Waals surface area contributed by atoms with E-state index in [1.54, 1.807) is 12.1 Å². The Morgan fingerprint density at radius 2 is 1.06 bits per heavy atom. The lowest BCUT2D eigenvalue weighted by molar-refractivity contribution is 0.0734. The van der Waals surface area contributed by atoms with Crippen LogP contribution < -0.4 is 11.1 Å². The normalized spacial score (nSPS) is 17.6. The number of H-pyrrole nitrogens is 2. The molecule has 0 aliphatic carbocycles. The molecule has 8 heteroatoms. The predicted molar refractivity (Wildman–Crippen MR) is 125 cm³/mol. The van der Waals surface area contributed by atoms with E-state index in [9.17, 15) is 9.59 Å². The Morgan fingerprint density at radius 1 is 0.688 bits per heavy atom. The van der Waals surface area contributed by atoms with E-state index in [2.05, 4.69) is 33.6 Å². The SMILES string of the molecule is CC(c1nc2ccccc2c(=O)[nH]1)N1CCN(C(C)c2nc3ccccc3c(=O)[nH]2)CC1. The van der Waals surface area contributed by atoms with Crippen molar-refractivity contribution in [2.75, 3.05) is 26.2 Å². The van der Waals surface area contributed by atoms with Crippen LogP contribution >= 0.6 is 0 Å². The molecule has 1 fully saturated rings. The average molecular weight is 431 g/mol. The van der Waals surface area contributed by atoms with Crippen LogP contribution in [-0.4, -0.2) is 55.9 Å². The Bertz CT molecular complexity index is 1280.